The standard InChI is InChI=1S/C10H7NO/c1-8-4-5-9(3-2-6-11)10(12)7-8/h4-5,7,12H,1H3. The minimum absolute atomic E-state index is 0.123. The van der Waals surface area contributed by atoms with E-state index >= 15 is 0 Å². The Balaban J connectivity index is 3.12. The predicted octanol–water partition coefficient (Wildman–Crippen LogP) is 1.58. The maximum atomic E-state index is 9.31. The van der Waals surface area contributed by atoms with Crippen molar-refractivity contribution in [1.29, 1.82) is 5.26 Å². The molecule has 0 atom stereocenters. The number of nitriles is 1. The van der Waals surface area contributed by atoms with E-state index < -0.39 is 0 Å². The summed E-state index contributed by atoms with van der Waals surface area (Å²) < 4.78 is 0. The largest absolute Gasteiger partial charge is 0.507 e. The highest BCUT2D eigenvalue weighted by molar-refractivity contribution is 5.48. The number of aryl methyl sites for hydroxylation is 1. The van der Waals surface area contributed by atoms with Gasteiger partial charge in [0, 0.05) is 5.92 Å². The molecule has 2 nitrogen and oxygen atoms in total. The maximum absolute atomic E-state index is 9.31. The van der Waals surface area contributed by atoms with Crippen molar-refractivity contribution in [3.8, 4) is 23.7 Å². The first kappa shape index (κ1) is 8.17. The van der Waals surface area contributed by atoms with E-state index in [0.29, 0.717) is 5.56 Å². The van der Waals surface area contributed by atoms with Crippen LogP contribution in [0.2, 0.25) is 0 Å². The highest BCUT2D eigenvalue weighted by atomic mass is 16.3. The van der Waals surface area contributed by atoms with Gasteiger partial charge in [0.05, 0.1) is 5.56 Å². The van der Waals surface area contributed by atoms with E-state index in [2.05, 4.69) is 11.8 Å². The van der Waals surface area contributed by atoms with Gasteiger partial charge in [-0.05, 0) is 30.5 Å². The van der Waals surface area contributed by atoms with Crippen LogP contribution in [0, 0.1) is 30.1 Å². The Morgan fingerprint density at radius 2 is 2.17 bits per heavy atom. The number of benzene rings is 1. The second-order valence-electron chi connectivity index (χ2n) is 2.38. The van der Waals surface area contributed by atoms with Crippen LogP contribution < -0.4 is 0 Å². The van der Waals surface area contributed by atoms with Gasteiger partial charge in [-0.1, -0.05) is 6.07 Å². The number of hydrogen-bond donors (Lipinski definition) is 1. The highest BCUT2D eigenvalue weighted by Gasteiger charge is 1.95. The third-order valence-corrected chi connectivity index (χ3v) is 1.41. The topological polar surface area (TPSA) is 44.0 Å². The second-order valence-corrected chi connectivity index (χ2v) is 2.38. The summed E-state index contributed by atoms with van der Waals surface area (Å²) in [5.74, 6) is 4.87. The molecule has 58 valence electrons. The van der Waals surface area contributed by atoms with Gasteiger partial charge in [0.15, 0.2) is 6.07 Å². The second kappa shape index (κ2) is 3.46. The molecular weight excluding hydrogens is 150 g/mol. The number of rotatable bonds is 0. The minimum Gasteiger partial charge on any atom is -0.507 e. The molecule has 0 aromatic heterocycles. The zero-order valence-corrected chi connectivity index (χ0v) is 6.63. The first-order valence-electron chi connectivity index (χ1n) is 3.44. The van der Waals surface area contributed by atoms with E-state index in [-0.39, 0.29) is 5.75 Å². The summed E-state index contributed by atoms with van der Waals surface area (Å²) in [4.78, 5) is 0. The molecule has 0 amide bonds. The smallest absolute Gasteiger partial charge is 0.152 e. The van der Waals surface area contributed by atoms with Crippen LogP contribution >= 0.6 is 0 Å². The molecule has 0 unspecified atom stereocenters. The summed E-state index contributed by atoms with van der Waals surface area (Å²) in [6.45, 7) is 1.88. The Labute approximate surface area is 71.1 Å². The molecule has 0 saturated heterocycles. The summed E-state index contributed by atoms with van der Waals surface area (Å²) >= 11 is 0. The average molecular weight is 157 g/mol. The van der Waals surface area contributed by atoms with Gasteiger partial charge in [0.2, 0.25) is 0 Å². The monoisotopic (exact) mass is 157 g/mol. The number of nitrogens with zero attached hydrogens (tertiary/aromatic N) is 1. The third-order valence-electron chi connectivity index (χ3n) is 1.41. The van der Waals surface area contributed by atoms with E-state index in [1.807, 2.05) is 13.0 Å². The van der Waals surface area contributed by atoms with Crippen molar-refractivity contribution in [2.24, 2.45) is 0 Å². The molecule has 1 aromatic carbocycles. The fourth-order valence-electron chi connectivity index (χ4n) is 0.843. The van der Waals surface area contributed by atoms with Gasteiger partial charge in [0.25, 0.3) is 0 Å². The average Bonchev–Trinajstić information content (AvgIpc) is 2.03. The first-order chi connectivity index (χ1) is 5.74. The molecule has 1 aromatic rings. The molecule has 12 heavy (non-hydrogen) atoms. The normalized spacial score (nSPS) is 8.00. The number of phenolic OH excluding ortho intramolecular Hbond substituents is 1. The van der Waals surface area contributed by atoms with Gasteiger partial charge in [-0.15, -0.1) is 0 Å². The van der Waals surface area contributed by atoms with Gasteiger partial charge in [-0.25, -0.2) is 0 Å². The Morgan fingerprint density at radius 1 is 1.42 bits per heavy atom. The quantitative estimate of drug-likeness (QED) is 0.581. The summed E-state index contributed by atoms with van der Waals surface area (Å²) in [6.07, 6.45) is 0. The SMILES string of the molecule is Cc1ccc(C#CC#N)c(O)c1. The fourth-order valence-corrected chi connectivity index (χ4v) is 0.843. The Morgan fingerprint density at radius 3 is 2.75 bits per heavy atom. The predicted molar refractivity (Wildman–Crippen MR) is 45.3 cm³/mol. The third kappa shape index (κ3) is 1.78. The van der Waals surface area contributed by atoms with Crippen LogP contribution in [-0.2, 0) is 0 Å². The fraction of sp³-hybridized carbons (Fsp3) is 0.100. The molecule has 0 aliphatic carbocycles. The number of aromatic hydroxyl groups is 1. The molecule has 1 rings (SSSR count). The van der Waals surface area contributed by atoms with Crippen LogP contribution in [0.1, 0.15) is 11.1 Å². The number of hydrogen-bond acceptors (Lipinski definition) is 2. The lowest BCUT2D eigenvalue weighted by atomic mass is 10.1. The summed E-state index contributed by atoms with van der Waals surface area (Å²) in [5.41, 5.74) is 1.46. The minimum atomic E-state index is 0.123. The zero-order chi connectivity index (χ0) is 8.97. The summed E-state index contributed by atoms with van der Waals surface area (Å²) in [7, 11) is 0. The maximum Gasteiger partial charge on any atom is 0.152 e. The lowest BCUT2D eigenvalue weighted by Crippen LogP contribution is -1.77. The van der Waals surface area contributed by atoms with Crippen LogP contribution in [-0.4, -0.2) is 5.11 Å². The molecular formula is C10H7NO. The lowest BCUT2D eigenvalue weighted by molar-refractivity contribution is 0.473. The molecule has 0 radical (unpaired) electrons. The first-order valence-corrected chi connectivity index (χ1v) is 3.44. The van der Waals surface area contributed by atoms with Crippen LogP contribution in [0.4, 0.5) is 0 Å². The molecule has 0 aliphatic rings. The molecule has 0 spiro atoms. The Bertz CT molecular complexity index is 391. The Kier molecular flexibility index (Phi) is 2.35. The van der Waals surface area contributed by atoms with Crippen molar-refractivity contribution in [1.82, 2.24) is 0 Å². The van der Waals surface area contributed by atoms with Crippen LogP contribution in [0.3, 0.4) is 0 Å². The van der Waals surface area contributed by atoms with Gasteiger partial charge in [0.1, 0.15) is 5.75 Å². The summed E-state index contributed by atoms with van der Waals surface area (Å²) in [6, 6.07) is 6.82. The van der Waals surface area contributed by atoms with Crippen molar-refractivity contribution in [2.45, 2.75) is 6.92 Å². The molecule has 0 aliphatic heterocycles. The highest BCUT2D eigenvalue weighted by Crippen LogP contribution is 2.16. The van der Waals surface area contributed by atoms with E-state index in [0.717, 1.165) is 5.56 Å². The molecule has 0 bridgehead atoms. The molecule has 1 N–H and O–H groups in total. The molecule has 0 heterocycles. The van der Waals surface area contributed by atoms with Crippen LogP contribution in [0.5, 0.6) is 5.75 Å². The van der Waals surface area contributed by atoms with Gasteiger partial charge in [-0.3, -0.25) is 0 Å². The van der Waals surface area contributed by atoms with E-state index in [4.69, 9.17) is 5.26 Å². The van der Waals surface area contributed by atoms with Crippen molar-refractivity contribution >= 4 is 0 Å². The Hall–Kier alpha value is -1.93. The van der Waals surface area contributed by atoms with Crippen molar-refractivity contribution in [3.63, 3.8) is 0 Å². The zero-order valence-electron chi connectivity index (χ0n) is 6.63. The van der Waals surface area contributed by atoms with Crippen molar-refractivity contribution < 1.29 is 5.11 Å². The number of phenols is 1. The molecule has 0 fully saturated rings. The lowest BCUT2D eigenvalue weighted by Gasteiger charge is -1.96. The van der Waals surface area contributed by atoms with Crippen molar-refractivity contribution in [2.75, 3.05) is 0 Å². The van der Waals surface area contributed by atoms with E-state index in [1.54, 1.807) is 18.2 Å². The van der Waals surface area contributed by atoms with Crippen LogP contribution in [0.15, 0.2) is 18.2 Å². The van der Waals surface area contributed by atoms with Gasteiger partial charge in [-0.2, -0.15) is 5.26 Å². The van der Waals surface area contributed by atoms with E-state index in [1.165, 1.54) is 0 Å². The van der Waals surface area contributed by atoms with Gasteiger partial charge < -0.3 is 5.11 Å². The molecule has 0 saturated carbocycles. The summed E-state index contributed by atoms with van der Waals surface area (Å²) in [5, 5.41) is 17.5. The van der Waals surface area contributed by atoms with Crippen molar-refractivity contribution in [3.05, 3.63) is 29.3 Å². The van der Waals surface area contributed by atoms with Crippen LogP contribution in [0.25, 0.3) is 0 Å². The van der Waals surface area contributed by atoms with Gasteiger partial charge >= 0.3 is 0 Å². The van der Waals surface area contributed by atoms with E-state index in [9.17, 15) is 5.11 Å². The molecule has 2 heteroatoms.